The Bertz CT molecular complexity index is 491. The van der Waals surface area contributed by atoms with Crippen LogP contribution >= 0.6 is 0 Å². The summed E-state index contributed by atoms with van der Waals surface area (Å²) in [6.07, 6.45) is 0.866. The van der Waals surface area contributed by atoms with Crippen LogP contribution in [0.25, 0.3) is 0 Å². The summed E-state index contributed by atoms with van der Waals surface area (Å²) < 4.78 is 0. The van der Waals surface area contributed by atoms with E-state index in [2.05, 4.69) is 4.84 Å². The van der Waals surface area contributed by atoms with Crippen molar-refractivity contribution < 1.29 is 59.9 Å². The van der Waals surface area contributed by atoms with E-state index in [1.54, 1.807) is 6.92 Å². The predicted octanol–water partition coefficient (Wildman–Crippen LogP) is 0.219. The van der Waals surface area contributed by atoms with Gasteiger partial charge in [0.25, 0.3) is 0 Å². The molecule has 2 heterocycles. The molecule has 0 spiro atoms. The first-order valence-corrected chi connectivity index (χ1v) is 7.15. The van der Waals surface area contributed by atoms with Gasteiger partial charge in [-0.25, -0.2) is 4.79 Å². The van der Waals surface area contributed by atoms with Crippen molar-refractivity contribution in [3.8, 4) is 0 Å². The molecule has 0 aromatic carbocycles. The minimum Gasteiger partial charge on any atom is -0.333 e. The van der Waals surface area contributed by atoms with E-state index in [1.165, 1.54) is 0 Å². The maximum atomic E-state index is 11.6. The molecule has 9 heteroatoms. The quantitative estimate of drug-likeness (QED) is 0.368. The maximum absolute atomic E-state index is 11.6. The second-order valence-electron chi connectivity index (χ2n) is 4.64. The van der Waals surface area contributed by atoms with Crippen molar-refractivity contribution in [2.45, 2.75) is 40.0 Å². The number of hydroxylamine groups is 2. The van der Waals surface area contributed by atoms with Gasteiger partial charge in [-0.05, 0) is 0 Å². The van der Waals surface area contributed by atoms with Crippen LogP contribution in [0.4, 0.5) is 0 Å². The summed E-state index contributed by atoms with van der Waals surface area (Å²) in [6, 6.07) is 0. The molecule has 0 aliphatic carbocycles. The molecule has 0 N–H and O–H groups in total. The van der Waals surface area contributed by atoms with Crippen LogP contribution < -0.4 is 0 Å². The van der Waals surface area contributed by atoms with Gasteiger partial charge >= 0.3 is 5.97 Å². The molecule has 2 aliphatic rings. The van der Waals surface area contributed by atoms with Crippen LogP contribution in [0.2, 0.25) is 0 Å². The molecule has 4 amide bonds. The molecule has 2 aliphatic heterocycles. The van der Waals surface area contributed by atoms with Crippen LogP contribution in [-0.2, 0) is 28.8 Å². The number of rotatable bonds is 4. The van der Waals surface area contributed by atoms with E-state index in [4.69, 9.17) is 0 Å². The number of amides is 4. The van der Waals surface area contributed by atoms with Crippen molar-refractivity contribution in [1.82, 2.24) is 9.96 Å². The molecular formula is C14H19N2O6U-. The Morgan fingerprint density at radius 1 is 1.22 bits per heavy atom. The molecule has 23 heavy (non-hydrogen) atoms. The fourth-order valence-electron chi connectivity index (χ4n) is 1.99. The molecule has 0 saturated carbocycles. The SMILES string of the molecule is CC.CC1CC(=O)N(CCC(=O)ON2C(=O)[CH-]CC2=O)C1=O.[U]. The average molecular weight is 549 g/mol. The zero-order valence-corrected chi connectivity index (χ0v) is 17.5. The third-order valence-corrected chi connectivity index (χ3v) is 3.08. The second kappa shape index (κ2) is 9.73. The van der Waals surface area contributed by atoms with E-state index in [0.29, 0.717) is 5.06 Å². The first-order chi connectivity index (χ1) is 10.4. The summed E-state index contributed by atoms with van der Waals surface area (Å²) in [4.78, 5) is 62.6. The van der Waals surface area contributed by atoms with E-state index in [1.807, 2.05) is 13.8 Å². The number of nitrogens with zero attached hydrogens (tertiary/aromatic N) is 2. The number of likely N-dealkylation sites (tertiary alicyclic amines) is 1. The van der Waals surface area contributed by atoms with E-state index >= 15 is 0 Å². The van der Waals surface area contributed by atoms with Gasteiger partial charge in [-0.1, -0.05) is 27.2 Å². The molecule has 0 bridgehead atoms. The van der Waals surface area contributed by atoms with Gasteiger partial charge in [-0.3, -0.25) is 25.7 Å². The van der Waals surface area contributed by atoms with Gasteiger partial charge in [0.1, 0.15) is 5.91 Å². The van der Waals surface area contributed by atoms with Gasteiger partial charge in [0, 0.05) is 50.0 Å². The summed E-state index contributed by atoms with van der Waals surface area (Å²) in [7, 11) is 0. The molecule has 2 rings (SSSR count). The molecule has 2 fully saturated rings. The summed E-state index contributed by atoms with van der Waals surface area (Å²) in [5, 5.41) is 0.387. The Kier molecular flexibility index (Phi) is 9.17. The maximum Gasteiger partial charge on any atom is 0.334 e. The molecule has 8 nitrogen and oxygen atoms in total. The van der Waals surface area contributed by atoms with Crippen molar-refractivity contribution in [2.75, 3.05) is 6.54 Å². The first-order valence-electron chi connectivity index (χ1n) is 7.15. The Morgan fingerprint density at radius 2 is 1.83 bits per heavy atom. The van der Waals surface area contributed by atoms with E-state index in [-0.39, 0.29) is 74.7 Å². The Morgan fingerprint density at radius 3 is 2.26 bits per heavy atom. The molecule has 2 saturated heterocycles. The Balaban J connectivity index is 0.00000155. The molecule has 126 valence electrons. The number of carbonyl (C=O) groups excluding carboxylic acids is 5. The normalized spacial score (nSPS) is 19.9. The standard InChI is InChI=1S/C12H13N2O6.C2H6.U/c1-7-6-10(17)13(12(7)19)5-4-11(18)20-14-8(15)2-3-9(14)16;1-2;/h2,7H,3-6H2,1H3;1-2H3;/q-1;;. The van der Waals surface area contributed by atoms with E-state index in [9.17, 15) is 24.0 Å². The number of carbonyl (C=O) groups is 5. The summed E-state index contributed by atoms with van der Waals surface area (Å²) in [5.41, 5.74) is 0. The monoisotopic (exact) mass is 549 g/mol. The summed E-state index contributed by atoms with van der Waals surface area (Å²) in [6.45, 7) is 5.52. The smallest absolute Gasteiger partial charge is 0.333 e. The van der Waals surface area contributed by atoms with Gasteiger partial charge in [-0.2, -0.15) is 0 Å². The number of hydrogen-bond donors (Lipinski definition) is 0. The third-order valence-electron chi connectivity index (χ3n) is 3.08. The number of imide groups is 2. The molecule has 0 aromatic heterocycles. The summed E-state index contributed by atoms with van der Waals surface area (Å²) in [5.74, 6) is -3.20. The molecule has 0 aromatic rings. The molecule has 0 radical (unpaired) electrons. The Hall–Kier alpha value is -1.33. The van der Waals surface area contributed by atoms with Gasteiger partial charge in [0.2, 0.25) is 17.7 Å². The van der Waals surface area contributed by atoms with Crippen LogP contribution in [0.1, 0.15) is 40.0 Å². The van der Waals surface area contributed by atoms with Gasteiger partial charge < -0.3 is 9.63 Å². The van der Waals surface area contributed by atoms with Crippen LogP contribution in [0.15, 0.2) is 0 Å². The van der Waals surface area contributed by atoms with Crippen molar-refractivity contribution in [3.63, 3.8) is 0 Å². The van der Waals surface area contributed by atoms with E-state index < -0.39 is 17.8 Å². The topological polar surface area (TPSA) is 101 Å². The second-order valence-corrected chi connectivity index (χ2v) is 4.64. The van der Waals surface area contributed by atoms with Gasteiger partial charge in [0.05, 0.1) is 6.42 Å². The average Bonchev–Trinajstić information content (AvgIpc) is 2.93. The first kappa shape index (κ1) is 21.7. The van der Waals surface area contributed by atoms with Crippen LogP contribution in [-0.4, -0.2) is 46.1 Å². The number of hydrogen-bond acceptors (Lipinski definition) is 6. The molecule has 1 unspecified atom stereocenters. The zero-order chi connectivity index (χ0) is 16.9. The van der Waals surface area contributed by atoms with Crippen molar-refractivity contribution in [1.29, 1.82) is 0 Å². The van der Waals surface area contributed by atoms with Crippen molar-refractivity contribution >= 4 is 29.6 Å². The van der Waals surface area contributed by atoms with Crippen molar-refractivity contribution in [2.24, 2.45) is 5.92 Å². The molecular weight excluding hydrogens is 530 g/mol. The fourth-order valence-corrected chi connectivity index (χ4v) is 1.99. The molecule has 1 atom stereocenters. The van der Waals surface area contributed by atoms with Crippen LogP contribution in [0, 0.1) is 43.5 Å². The third kappa shape index (κ3) is 5.36. The van der Waals surface area contributed by atoms with Gasteiger partial charge in [-0.15, -0.1) is 5.06 Å². The predicted molar refractivity (Wildman–Crippen MR) is 73.3 cm³/mol. The largest absolute Gasteiger partial charge is 0.334 e. The fraction of sp³-hybridized carbons (Fsp3) is 0.571. The van der Waals surface area contributed by atoms with Crippen LogP contribution in [0.3, 0.4) is 0 Å². The van der Waals surface area contributed by atoms with E-state index in [0.717, 1.165) is 11.3 Å². The minimum absolute atomic E-state index is 0. The van der Waals surface area contributed by atoms with Gasteiger partial charge in [0.15, 0.2) is 0 Å². The Labute approximate surface area is 158 Å². The zero-order valence-electron chi connectivity index (χ0n) is 13.3. The summed E-state index contributed by atoms with van der Waals surface area (Å²) >= 11 is 0. The van der Waals surface area contributed by atoms with Crippen molar-refractivity contribution in [3.05, 3.63) is 6.42 Å². The minimum atomic E-state index is -0.845. The van der Waals surface area contributed by atoms with Crippen LogP contribution in [0.5, 0.6) is 0 Å².